The zero-order chi connectivity index (χ0) is 19.4. The number of nitrogens with zero attached hydrogens (tertiary/aromatic N) is 5. The molecule has 0 saturated carbocycles. The van der Waals surface area contributed by atoms with E-state index in [9.17, 15) is 9.59 Å². The Labute approximate surface area is 158 Å². The molecule has 2 aromatic rings. The summed E-state index contributed by atoms with van der Waals surface area (Å²) in [6.07, 6.45) is 3.03. The van der Waals surface area contributed by atoms with E-state index in [4.69, 9.17) is 4.74 Å². The standard InChI is InChI=1S/C19H25N5O3/c1-13(2)27-19(26)16-9-6-8-15(11-16)18-20-22-24(21-18)12-17(25)23-10-5-4-7-14(23)3/h6,8-9,11,13-14H,4-5,7,10,12H2,1-3H3/t14-/m1/s1. The molecule has 27 heavy (non-hydrogen) atoms. The van der Waals surface area contributed by atoms with E-state index >= 15 is 0 Å². The van der Waals surface area contributed by atoms with Gasteiger partial charge in [0.2, 0.25) is 11.7 Å². The Balaban J connectivity index is 1.70. The molecule has 1 fully saturated rings. The van der Waals surface area contributed by atoms with Crippen molar-refractivity contribution < 1.29 is 14.3 Å². The normalized spacial score (nSPS) is 17.2. The van der Waals surface area contributed by atoms with Gasteiger partial charge in [-0.25, -0.2) is 4.79 Å². The fraction of sp³-hybridized carbons (Fsp3) is 0.526. The molecule has 2 heterocycles. The zero-order valence-corrected chi connectivity index (χ0v) is 16.0. The van der Waals surface area contributed by atoms with Gasteiger partial charge in [0.1, 0.15) is 6.54 Å². The summed E-state index contributed by atoms with van der Waals surface area (Å²) in [4.78, 5) is 27.8. The second-order valence-corrected chi connectivity index (χ2v) is 7.11. The fourth-order valence-corrected chi connectivity index (χ4v) is 3.17. The van der Waals surface area contributed by atoms with Gasteiger partial charge < -0.3 is 9.64 Å². The molecule has 1 aromatic heterocycles. The van der Waals surface area contributed by atoms with Crippen LogP contribution in [0.2, 0.25) is 0 Å². The van der Waals surface area contributed by atoms with Gasteiger partial charge in [0, 0.05) is 18.2 Å². The summed E-state index contributed by atoms with van der Waals surface area (Å²) in [5.74, 6) is -0.0254. The van der Waals surface area contributed by atoms with Crippen LogP contribution in [-0.4, -0.2) is 55.7 Å². The lowest BCUT2D eigenvalue weighted by molar-refractivity contribution is -0.135. The molecule has 1 saturated heterocycles. The second-order valence-electron chi connectivity index (χ2n) is 7.11. The molecule has 144 valence electrons. The first-order valence-corrected chi connectivity index (χ1v) is 9.32. The first-order chi connectivity index (χ1) is 12.9. The number of hydrogen-bond donors (Lipinski definition) is 0. The van der Waals surface area contributed by atoms with Gasteiger partial charge in [0.15, 0.2) is 0 Å². The number of rotatable bonds is 5. The third-order valence-corrected chi connectivity index (χ3v) is 4.55. The molecule has 0 radical (unpaired) electrons. The highest BCUT2D eigenvalue weighted by Gasteiger charge is 2.24. The lowest BCUT2D eigenvalue weighted by Gasteiger charge is -2.33. The van der Waals surface area contributed by atoms with E-state index < -0.39 is 5.97 Å². The Kier molecular flexibility index (Phi) is 5.83. The number of likely N-dealkylation sites (tertiary alicyclic amines) is 1. The van der Waals surface area contributed by atoms with E-state index in [-0.39, 0.29) is 24.6 Å². The molecular weight excluding hydrogens is 346 g/mol. The minimum absolute atomic E-state index is 0.000381. The van der Waals surface area contributed by atoms with Crippen LogP contribution in [-0.2, 0) is 16.1 Å². The molecule has 1 amide bonds. The van der Waals surface area contributed by atoms with E-state index in [1.807, 2.05) is 4.90 Å². The Morgan fingerprint density at radius 2 is 2.11 bits per heavy atom. The van der Waals surface area contributed by atoms with Crippen LogP contribution < -0.4 is 0 Å². The van der Waals surface area contributed by atoms with Crippen molar-refractivity contribution in [2.24, 2.45) is 0 Å². The van der Waals surface area contributed by atoms with Crippen LogP contribution >= 0.6 is 0 Å². The van der Waals surface area contributed by atoms with Crippen molar-refractivity contribution >= 4 is 11.9 Å². The van der Waals surface area contributed by atoms with Crippen LogP contribution in [0.5, 0.6) is 0 Å². The molecule has 1 aliphatic rings. The van der Waals surface area contributed by atoms with Gasteiger partial charge in [0.05, 0.1) is 11.7 Å². The third-order valence-electron chi connectivity index (χ3n) is 4.55. The molecule has 0 bridgehead atoms. The fourth-order valence-electron chi connectivity index (χ4n) is 3.17. The van der Waals surface area contributed by atoms with E-state index in [2.05, 4.69) is 22.3 Å². The number of carbonyl (C=O) groups excluding carboxylic acids is 2. The molecule has 3 rings (SSSR count). The molecule has 0 unspecified atom stereocenters. The van der Waals surface area contributed by atoms with Gasteiger partial charge in [0.25, 0.3) is 0 Å². The van der Waals surface area contributed by atoms with Crippen molar-refractivity contribution in [1.82, 2.24) is 25.1 Å². The Bertz CT molecular complexity index is 817. The number of aromatic nitrogens is 4. The average Bonchev–Trinajstić information content (AvgIpc) is 3.10. The van der Waals surface area contributed by atoms with Crippen molar-refractivity contribution in [3.63, 3.8) is 0 Å². The van der Waals surface area contributed by atoms with Crippen molar-refractivity contribution in [3.8, 4) is 11.4 Å². The van der Waals surface area contributed by atoms with Crippen molar-refractivity contribution in [3.05, 3.63) is 29.8 Å². The van der Waals surface area contributed by atoms with E-state index in [1.54, 1.807) is 38.1 Å². The lowest BCUT2D eigenvalue weighted by atomic mass is 10.0. The predicted octanol–water partition coefficient (Wildman–Crippen LogP) is 2.31. The molecule has 1 atom stereocenters. The third kappa shape index (κ3) is 4.69. The average molecular weight is 371 g/mol. The molecule has 0 spiro atoms. The van der Waals surface area contributed by atoms with Crippen LogP contribution in [0, 0.1) is 0 Å². The highest BCUT2D eigenvalue weighted by Crippen LogP contribution is 2.18. The molecule has 1 aromatic carbocycles. The van der Waals surface area contributed by atoms with Crippen LogP contribution in [0.25, 0.3) is 11.4 Å². The topological polar surface area (TPSA) is 90.2 Å². The number of esters is 1. The van der Waals surface area contributed by atoms with Gasteiger partial charge in [-0.05, 0) is 57.4 Å². The quantitative estimate of drug-likeness (QED) is 0.749. The smallest absolute Gasteiger partial charge is 0.338 e. The van der Waals surface area contributed by atoms with Crippen LogP contribution in [0.1, 0.15) is 50.4 Å². The van der Waals surface area contributed by atoms with Gasteiger partial charge in [-0.3, -0.25) is 4.79 Å². The van der Waals surface area contributed by atoms with Gasteiger partial charge in [-0.15, -0.1) is 10.2 Å². The largest absolute Gasteiger partial charge is 0.459 e. The summed E-state index contributed by atoms with van der Waals surface area (Å²) in [5.41, 5.74) is 1.08. The maximum atomic E-state index is 12.5. The number of amides is 1. The van der Waals surface area contributed by atoms with E-state index in [0.717, 1.165) is 25.8 Å². The number of carbonyl (C=O) groups is 2. The molecule has 0 N–H and O–H groups in total. The SMILES string of the molecule is CC(C)OC(=O)c1cccc(-c2nnn(CC(=O)N3CCCC[C@H]3C)n2)c1. The second kappa shape index (κ2) is 8.28. The summed E-state index contributed by atoms with van der Waals surface area (Å²) in [6.45, 7) is 6.51. The Morgan fingerprint density at radius 1 is 1.30 bits per heavy atom. The maximum absolute atomic E-state index is 12.5. The Morgan fingerprint density at radius 3 is 2.85 bits per heavy atom. The zero-order valence-electron chi connectivity index (χ0n) is 16.0. The van der Waals surface area contributed by atoms with Crippen molar-refractivity contribution in [2.45, 2.75) is 58.7 Å². The lowest BCUT2D eigenvalue weighted by Crippen LogP contribution is -2.43. The van der Waals surface area contributed by atoms with Crippen molar-refractivity contribution in [2.75, 3.05) is 6.54 Å². The van der Waals surface area contributed by atoms with Crippen LogP contribution in [0.4, 0.5) is 0 Å². The minimum Gasteiger partial charge on any atom is -0.459 e. The summed E-state index contributed by atoms with van der Waals surface area (Å²) in [6, 6.07) is 7.13. The highest BCUT2D eigenvalue weighted by molar-refractivity contribution is 5.90. The number of tetrazole rings is 1. The first kappa shape index (κ1) is 19.0. The number of hydrogen-bond acceptors (Lipinski definition) is 6. The van der Waals surface area contributed by atoms with Gasteiger partial charge in [-0.1, -0.05) is 12.1 Å². The summed E-state index contributed by atoms with van der Waals surface area (Å²) < 4.78 is 5.21. The van der Waals surface area contributed by atoms with Gasteiger partial charge >= 0.3 is 5.97 Å². The summed E-state index contributed by atoms with van der Waals surface area (Å²) >= 11 is 0. The number of ether oxygens (including phenoxy) is 1. The number of piperidine rings is 1. The summed E-state index contributed by atoms with van der Waals surface area (Å²) in [5, 5.41) is 12.3. The minimum atomic E-state index is -0.395. The van der Waals surface area contributed by atoms with Crippen LogP contribution in [0.3, 0.4) is 0 Å². The summed E-state index contributed by atoms with van der Waals surface area (Å²) in [7, 11) is 0. The molecule has 8 nitrogen and oxygen atoms in total. The van der Waals surface area contributed by atoms with E-state index in [0.29, 0.717) is 17.0 Å². The monoisotopic (exact) mass is 371 g/mol. The predicted molar refractivity (Wildman–Crippen MR) is 98.8 cm³/mol. The molecular formula is C19H25N5O3. The number of benzene rings is 1. The molecule has 8 heteroatoms. The van der Waals surface area contributed by atoms with Crippen molar-refractivity contribution in [1.29, 1.82) is 0 Å². The van der Waals surface area contributed by atoms with Crippen LogP contribution in [0.15, 0.2) is 24.3 Å². The molecule has 1 aliphatic heterocycles. The van der Waals surface area contributed by atoms with Gasteiger partial charge in [-0.2, -0.15) is 4.80 Å². The first-order valence-electron chi connectivity index (χ1n) is 9.32. The maximum Gasteiger partial charge on any atom is 0.338 e. The molecule has 0 aliphatic carbocycles. The Hall–Kier alpha value is -2.77. The highest BCUT2D eigenvalue weighted by atomic mass is 16.5. The van der Waals surface area contributed by atoms with E-state index in [1.165, 1.54) is 4.80 Å².